The van der Waals surface area contributed by atoms with Gasteiger partial charge in [0.05, 0.1) is 6.61 Å². The van der Waals surface area contributed by atoms with Crippen LogP contribution < -0.4 is 5.73 Å². The smallest absolute Gasteiger partial charge is 0.221 e. The van der Waals surface area contributed by atoms with Crippen LogP contribution in [0, 0.1) is 0 Å². The first-order chi connectivity index (χ1) is 9.45. The first-order valence-corrected chi connectivity index (χ1v) is 6.21. The molecule has 0 amide bonds. The molecule has 1 aliphatic rings. The maximum atomic E-state index is 10.4. The molecule has 0 aromatic carbocycles. The summed E-state index contributed by atoms with van der Waals surface area (Å²) in [6.45, 7) is 1.07. The van der Waals surface area contributed by atoms with Gasteiger partial charge in [0.2, 0.25) is 5.95 Å². The lowest BCUT2D eigenvalue weighted by Gasteiger charge is -2.27. The van der Waals surface area contributed by atoms with Crippen LogP contribution in [0.2, 0.25) is 0 Å². The Balaban J connectivity index is 2.09. The molecule has 5 N–H and O–H groups in total. The van der Waals surface area contributed by atoms with Gasteiger partial charge in [-0.05, 0) is 13.0 Å². The van der Waals surface area contributed by atoms with Crippen molar-refractivity contribution < 1.29 is 20.1 Å². The fraction of sp³-hybridized carbons (Fsp3) is 0.500. The molecule has 0 aliphatic carbocycles. The maximum Gasteiger partial charge on any atom is 0.221 e. The van der Waals surface area contributed by atoms with Crippen LogP contribution >= 0.6 is 0 Å². The zero-order chi connectivity index (χ0) is 14.5. The summed E-state index contributed by atoms with van der Waals surface area (Å²) in [6, 6.07) is 1.76. The molecule has 2 aromatic rings. The molecule has 108 valence electrons. The SMILES string of the molecule is CC1(O)[C@@H](O)[C@@H](CO)O[C@H]1n1ccc2cnc(N)nc21. The number of rotatable bonds is 2. The number of nitrogens with zero attached hydrogens (tertiary/aromatic N) is 3. The van der Waals surface area contributed by atoms with E-state index in [0.29, 0.717) is 5.65 Å². The molecule has 0 saturated carbocycles. The maximum absolute atomic E-state index is 10.4. The Morgan fingerprint density at radius 2 is 2.30 bits per heavy atom. The number of hydrogen-bond acceptors (Lipinski definition) is 7. The van der Waals surface area contributed by atoms with Gasteiger partial charge in [0.25, 0.3) is 0 Å². The molecule has 0 radical (unpaired) electrons. The highest BCUT2D eigenvalue weighted by atomic mass is 16.6. The summed E-state index contributed by atoms with van der Waals surface area (Å²) in [7, 11) is 0. The summed E-state index contributed by atoms with van der Waals surface area (Å²) in [6.07, 6.45) is 0.310. The highest BCUT2D eigenvalue weighted by molar-refractivity contribution is 5.76. The molecular weight excluding hydrogens is 264 g/mol. The molecule has 3 rings (SSSR count). The van der Waals surface area contributed by atoms with Crippen molar-refractivity contribution in [1.82, 2.24) is 14.5 Å². The second-order valence-electron chi connectivity index (χ2n) is 5.11. The normalized spacial score (nSPS) is 33.9. The van der Waals surface area contributed by atoms with E-state index in [1.807, 2.05) is 0 Å². The zero-order valence-electron chi connectivity index (χ0n) is 10.8. The number of fused-ring (bicyclic) bond motifs is 1. The fourth-order valence-corrected chi connectivity index (χ4v) is 2.53. The minimum Gasteiger partial charge on any atom is -0.394 e. The Morgan fingerprint density at radius 3 is 2.95 bits per heavy atom. The minimum absolute atomic E-state index is 0.106. The van der Waals surface area contributed by atoms with Crippen molar-refractivity contribution in [1.29, 1.82) is 0 Å². The molecule has 0 bridgehead atoms. The van der Waals surface area contributed by atoms with E-state index in [-0.39, 0.29) is 12.6 Å². The van der Waals surface area contributed by atoms with Crippen LogP contribution in [0.3, 0.4) is 0 Å². The summed E-state index contributed by atoms with van der Waals surface area (Å²) in [4.78, 5) is 8.01. The lowest BCUT2D eigenvalue weighted by atomic mass is 9.96. The van der Waals surface area contributed by atoms with Crippen LogP contribution in [0.15, 0.2) is 18.5 Å². The van der Waals surface area contributed by atoms with E-state index in [1.165, 1.54) is 6.92 Å². The summed E-state index contributed by atoms with van der Waals surface area (Å²) in [5, 5.41) is 30.4. The average molecular weight is 280 g/mol. The van der Waals surface area contributed by atoms with Gasteiger partial charge in [-0.15, -0.1) is 0 Å². The van der Waals surface area contributed by atoms with Gasteiger partial charge in [0.15, 0.2) is 6.23 Å². The van der Waals surface area contributed by atoms with E-state index >= 15 is 0 Å². The van der Waals surface area contributed by atoms with E-state index in [1.54, 1.807) is 23.0 Å². The summed E-state index contributed by atoms with van der Waals surface area (Å²) in [5.41, 5.74) is 4.51. The highest BCUT2D eigenvalue weighted by Gasteiger charge is 2.53. The molecule has 0 spiro atoms. The van der Waals surface area contributed by atoms with E-state index < -0.39 is 24.0 Å². The molecule has 1 unspecified atom stereocenters. The topological polar surface area (TPSA) is 127 Å². The van der Waals surface area contributed by atoms with Crippen molar-refractivity contribution in [3.05, 3.63) is 18.5 Å². The first-order valence-electron chi connectivity index (χ1n) is 6.21. The van der Waals surface area contributed by atoms with E-state index in [4.69, 9.17) is 10.5 Å². The number of anilines is 1. The Morgan fingerprint density at radius 1 is 1.55 bits per heavy atom. The van der Waals surface area contributed by atoms with Gasteiger partial charge in [-0.2, -0.15) is 4.98 Å². The van der Waals surface area contributed by atoms with Gasteiger partial charge in [-0.3, -0.25) is 0 Å². The van der Waals surface area contributed by atoms with Crippen molar-refractivity contribution in [3.63, 3.8) is 0 Å². The van der Waals surface area contributed by atoms with Gasteiger partial charge in [-0.25, -0.2) is 4.98 Å². The van der Waals surface area contributed by atoms with Gasteiger partial charge >= 0.3 is 0 Å². The van der Waals surface area contributed by atoms with Crippen LogP contribution in [0.1, 0.15) is 13.2 Å². The molecule has 1 aliphatic heterocycles. The van der Waals surface area contributed by atoms with Crippen LogP contribution in [0.25, 0.3) is 11.0 Å². The number of aliphatic hydroxyl groups excluding tert-OH is 2. The van der Waals surface area contributed by atoms with Crippen molar-refractivity contribution in [2.45, 2.75) is 31.0 Å². The fourth-order valence-electron chi connectivity index (χ4n) is 2.53. The molecule has 2 aromatic heterocycles. The zero-order valence-corrected chi connectivity index (χ0v) is 10.8. The second-order valence-corrected chi connectivity index (χ2v) is 5.11. The van der Waals surface area contributed by atoms with E-state index in [0.717, 1.165) is 5.39 Å². The summed E-state index contributed by atoms with van der Waals surface area (Å²) >= 11 is 0. The third-order valence-electron chi connectivity index (χ3n) is 3.66. The van der Waals surface area contributed by atoms with Crippen molar-refractivity contribution >= 4 is 17.0 Å². The molecular formula is C12H16N4O4. The third kappa shape index (κ3) is 1.77. The predicted octanol–water partition coefficient (Wildman–Crippen LogP) is -0.985. The number of nitrogens with two attached hydrogens (primary N) is 1. The van der Waals surface area contributed by atoms with Gasteiger partial charge in [-0.1, -0.05) is 0 Å². The number of aromatic nitrogens is 3. The van der Waals surface area contributed by atoms with Crippen LogP contribution in [-0.2, 0) is 4.74 Å². The summed E-state index contributed by atoms with van der Waals surface area (Å²) < 4.78 is 7.12. The van der Waals surface area contributed by atoms with Gasteiger partial charge < -0.3 is 30.4 Å². The largest absolute Gasteiger partial charge is 0.394 e. The Labute approximate surface area is 114 Å². The van der Waals surface area contributed by atoms with Crippen molar-refractivity contribution in [3.8, 4) is 0 Å². The minimum atomic E-state index is -1.56. The monoisotopic (exact) mass is 280 g/mol. The van der Waals surface area contributed by atoms with E-state index in [2.05, 4.69) is 9.97 Å². The Hall–Kier alpha value is -1.74. The molecule has 4 atom stereocenters. The van der Waals surface area contributed by atoms with Crippen LogP contribution in [0.4, 0.5) is 5.95 Å². The number of ether oxygens (including phenoxy) is 1. The molecule has 8 nitrogen and oxygen atoms in total. The number of aliphatic hydroxyl groups is 3. The van der Waals surface area contributed by atoms with E-state index in [9.17, 15) is 15.3 Å². The Kier molecular flexibility index (Phi) is 2.91. The first kappa shape index (κ1) is 13.3. The second kappa shape index (κ2) is 4.38. The molecule has 3 heterocycles. The number of nitrogen functional groups attached to an aromatic ring is 1. The van der Waals surface area contributed by atoms with Crippen LogP contribution in [0.5, 0.6) is 0 Å². The molecule has 1 saturated heterocycles. The van der Waals surface area contributed by atoms with Crippen molar-refractivity contribution in [2.75, 3.05) is 12.3 Å². The van der Waals surface area contributed by atoms with Gasteiger partial charge in [0, 0.05) is 17.8 Å². The van der Waals surface area contributed by atoms with Crippen LogP contribution in [-0.4, -0.2) is 54.3 Å². The molecule has 8 heteroatoms. The van der Waals surface area contributed by atoms with Gasteiger partial charge in [0.1, 0.15) is 23.5 Å². The lowest BCUT2D eigenvalue weighted by molar-refractivity contribution is -0.0948. The number of hydrogen-bond donors (Lipinski definition) is 4. The lowest BCUT2D eigenvalue weighted by Crippen LogP contribution is -2.44. The standard InChI is InChI=1S/C12H16N4O4/c1-12(19)8(18)7(5-17)20-10(12)16-3-2-6-4-14-11(13)15-9(6)16/h2-4,7-8,10,17-19H,5H2,1H3,(H2,13,14,15)/t7-,8+,10-,12?/m1/s1. The molecule has 1 fully saturated rings. The highest BCUT2D eigenvalue weighted by Crippen LogP contribution is 2.39. The summed E-state index contributed by atoms with van der Waals surface area (Å²) in [5.74, 6) is 0.106. The Bertz CT molecular complexity index is 641. The molecule has 20 heavy (non-hydrogen) atoms. The predicted molar refractivity (Wildman–Crippen MR) is 69.6 cm³/mol. The van der Waals surface area contributed by atoms with Crippen molar-refractivity contribution in [2.24, 2.45) is 0 Å². The third-order valence-corrected chi connectivity index (χ3v) is 3.66. The quantitative estimate of drug-likeness (QED) is 0.556. The average Bonchev–Trinajstić information content (AvgIpc) is 2.90.